The van der Waals surface area contributed by atoms with E-state index in [1.165, 1.54) is 0 Å². The second kappa shape index (κ2) is 7.71. The summed E-state index contributed by atoms with van der Waals surface area (Å²) in [5.74, 6) is 2.42. The van der Waals surface area contributed by atoms with Crippen molar-refractivity contribution in [2.75, 3.05) is 26.6 Å². The lowest BCUT2D eigenvalue weighted by molar-refractivity contribution is 0.324. The van der Waals surface area contributed by atoms with Crippen LogP contribution in [0.2, 0.25) is 0 Å². The molecule has 0 aliphatic carbocycles. The highest BCUT2D eigenvalue weighted by Crippen LogP contribution is 2.40. The highest BCUT2D eigenvalue weighted by Gasteiger charge is 2.14. The maximum Gasteiger partial charge on any atom is 0.203 e. The molecule has 0 radical (unpaired) electrons. The van der Waals surface area contributed by atoms with E-state index in [9.17, 15) is 0 Å². The second-order valence-corrected chi connectivity index (χ2v) is 6.50. The molecule has 7 nitrogen and oxygen atoms in total. The minimum absolute atomic E-state index is 0.549. The molecule has 0 aliphatic rings. The third-order valence-corrected chi connectivity index (χ3v) is 4.82. The van der Waals surface area contributed by atoms with Gasteiger partial charge < -0.3 is 24.1 Å². The predicted octanol–water partition coefficient (Wildman–Crippen LogP) is 4.40. The van der Waals surface area contributed by atoms with Gasteiger partial charge in [-0.05, 0) is 18.2 Å². The van der Waals surface area contributed by atoms with Crippen molar-refractivity contribution in [1.82, 2.24) is 14.5 Å². The molecule has 3 heterocycles. The van der Waals surface area contributed by atoms with Crippen molar-refractivity contribution >= 4 is 22.4 Å². The highest BCUT2D eigenvalue weighted by atomic mass is 16.5. The van der Waals surface area contributed by atoms with E-state index in [0.29, 0.717) is 23.1 Å². The number of nitrogens with one attached hydrogen (secondary N) is 1. The Morgan fingerprint density at radius 1 is 0.931 bits per heavy atom. The summed E-state index contributed by atoms with van der Waals surface area (Å²) in [6.07, 6.45) is 5.49. The van der Waals surface area contributed by atoms with Crippen molar-refractivity contribution in [1.29, 1.82) is 0 Å². The summed E-state index contributed by atoms with van der Waals surface area (Å²) in [5.41, 5.74) is 3.99. The molecule has 29 heavy (non-hydrogen) atoms. The number of rotatable bonds is 6. The van der Waals surface area contributed by atoms with Crippen molar-refractivity contribution in [3.63, 3.8) is 0 Å². The molecule has 1 N–H and O–H groups in total. The Morgan fingerprint density at radius 2 is 1.69 bits per heavy atom. The van der Waals surface area contributed by atoms with Crippen LogP contribution in [0, 0.1) is 0 Å². The van der Waals surface area contributed by atoms with Crippen LogP contribution in [0.1, 0.15) is 0 Å². The van der Waals surface area contributed by atoms with Crippen LogP contribution in [0.5, 0.6) is 17.2 Å². The van der Waals surface area contributed by atoms with Crippen molar-refractivity contribution in [2.45, 2.75) is 0 Å². The number of benzene rings is 1. The van der Waals surface area contributed by atoms with Crippen molar-refractivity contribution < 1.29 is 14.2 Å². The van der Waals surface area contributed by atoms with Crippen molar-refractivity contribution in [3.8, 4) is 28.5 Å². The van der Waals surface area contributed by atoms with Crippen LogP contribution in [0.25, 0.3) is 22.2 Å². The average molecular weight is 390 g/mol. The largest absolute Gasteiger partial charge is 0.493 e. The lowest BCUT2D eigenvalue weighted by atomic mass is 10.2. The summed E-state index contributed by atoms with van der Waals surface area (Å²) >= 11 is 0. The van der Waals surface area contributed by atoms with Crippen LogP contribution >= 0.6 is 0 Å². The number of aryl methyl sites for hydroxylation is 1. The number of ether oxygens (including phenoxy) is 3. The Morgan fingerprint density at radius 3 is 2.31 bits per heavy atom. The SMILES string of the molecule is COc1cc(Nc2cc3c(cn2)cc(-c2cccnc2)n3C)cc(OC)c1OC. The van der Waals surface area contributed by atoms with Gasteiger partial charge >= 0.3 is 0 Å². The van der Waals surface area contributed by atoms with Gasteiger partial charge in [0, 0.05) is 60.5 Å². The number of anilines is 2. The smallest absolute Gasteiger partial charge is 0.203 e. The van der Waals surface area contributed by atoms with E-state index in [2.05, 4.69) is 25.9 Å². The molecule has 4 rings (SSSR count). The minimum atomic E-state index is 0.549. The fourth-order valence-corrected chi connectivity index (χ4v) is 3.39. The van der Waals surface area contributed by atoms with Gasteiger partial charge in [-0.25, -0.2) is 4.98 Å². The van der Waals surface area contributed by atoms with Gasteiger partial charge in [0.1, 0.15) is 5.82 Å². The number of aromatic nitrogens is 3. The summed E-state index contributed by atoms with van der Waals surface area (Å²) < 4.78 is 18.4. The molecule has 7 heteroatoms. The molecule has 0 aliphatic heterocycles. The third kappa shape index (κ3) is 3.42. The zero-order chi connectivity index (χ0) is 20.4. The minimum Gasteiger partial charge on any atom is -0.493 e. The van der Waals surface area contributed by atoms with E-state index in [1.54, 1.807) is 27.5 Å². The standard InChI is InChI=1S/C22H22N4O3/c1-26-17(14-6-5-7-23-12-14)8-15-13-24-21(11-18(15)26)25-16-9-19(27-2)22(29-4)20(10-16)28-3/h5-13H,1-4H3,(H,24,25). The zero-order valence-corrected chi connectivity index (χ0v) is 16.8. The molecule has 148 valence electrons. The summed E-state index contributed by atoms with van der Waals surface area (Å²) in [5, 5.41) is 4.38. The topological polar surface area (TPSA) is 70.4 Å². The average Bonchev–Trinajstić information content (AvgIpc) is 3.09. The molecule has 1 aromatic carbocycles. The Balaban J connectivity index is 1.72. The highest BCUT2D eigenvalue weighted by molar-refractivity contribution is 5.88. The maximum atomic E-state index is 5.42. The molecular weight excluding hydrogens is 368 g/mol. The molecule has 0 saturated carbocycles. The van der Waals surface area contributed by atoms with Gasteiger partial charge in [-0.2, -0.15) is 0 Å². The van der Waals surface area contributed by atoms with E-state index >= 15 is 0 Å². The quantitative estimate of drug-likeness (QED) is 0.526. The van der Waals surface area contributed by atoms with Crippen LogP contribution in [0.4, 0.5) is 11.5 Å². The molecule has 0 saturated heterocycles. The van der Waals surface area contributed by atoms with Crippen molar-refractivity contribution in [2.24, 2.45) is 7.05 Å². The molecule has 0 fully saturated rings. The van der Waals surface area contributed by atoms with Crippen LogP contribution in [-0.4, -0.2) is 35.9 Å². The maximum absolute atomic E-state index is 5.42. The molecule has 0 bridgehead atoms. The lowest BCUT2D eigenvalue weighted by Gasteiger charge is -2.15. The third-order valence-electron chi connectivity index (χ3n) is 4.82. The van der Waals surface area contributed by atoms with Gasteiger partial charge in [0.25, 0.3) is 0 Å². The first kappa shape index (κ1) is 18.6. The number of fused-ring (bicyclic) bond motifs is 1. The number of methoxy groups -OCH3 is 3. The van der Waals surface area contributed by atoms with Gasteiger partial charge in [-0.15, -0.1) is 0 Å². The molecule has 0 unspecified atom stereocenters. The molecule has 4 aromatic rings. The Labute approximate surface area is 168 Å². The monoisotopic (exact) mass is 390 g/mol. The fraction of sp³-hybridized carbons (Fsp3) is 0.182. The Hall–Kier alpha value is -3.74. The summed E-state index contributed by atoms with van der Waals surface area (Å²) in [7, 11) is 6.80. The fourth-order valence-electron chi connectivity index (χ4n) is 3.39. The molecular formula is C22H22N4O3. The molecule has 0 spiro atoms. The van der Waals surface area contributed by atoms with E-state index in [1.807, 2.05) is 49.8 Å². The van der Waals surface area contributed by atoms with Crippen LogP contribution in [0.15, 0.2) is 55.0 Å². The first-order valence-electron chi connectivity index (χ1n) is 9.07. The summed E-state index contributed by atoms with van der Waals surface area (Å²) in [6, 6.07) is 11.8. The molecule has 3 aromatic heterocycles. The number of hydrogen-bond donors (Lipinski definition) is 1. The number of pyridine rings is 2. The van der Waals surface area contributed by atoms with E-state index < -0.39 is 0 Å². The van der Waals surface area contributed by atoms with Gasteiger partial charge in [0.05, 0.1) is 32.5 Å². The molecule has 0 amide bonds. The lowest BCUT2D eigenvalue weighted by Crippen LogP contribution is -1.99. The van der Waals surface area contributed by atoms with Gasteiger partial charge in [0.2, 0.25) is 5.75 Å². The van der Waals surface area contributed by atoms with Crippen LogP contribution in [-0.2, 0) is 7.05 Å². The van der Waals surface area contributed by atoms with Crippen LogP contribution < -0.4 is 19.5 Å². The first-order chi connectivity index (χ1) is 14.1. The van der Waals surface area contributed by atoms with Gasteiger partial charge in [0.15, 0.2) is 11.5 Å². The normalized spacial score (nSPS) is 10.8. The van der Waals surface area contributed by atoms with Crippen LogP contribution in [0.3, 0.4) is 0 Å². The summed E-state index contributed by atoms with van der Waals surface area (Å²) in [6.45, 7) is 0. The zero-order valence-electron chi connectivity index (χ0n) is 16.8. The predicted molar refractivity (Wildman–Crippen MR) is 113 cm³/mol. The van der Waals surface area contributed by atoms with E-state index in [-0.39, 0.29) is 0 Å². The number of hydrogen-bond acceptors (Lipinski definition) is 6. The Bertz CT molecular complexity index is 1130. The second-order valence-electron chi connectivity index (χ2n) is 6.50. The van der Waals surface area contributed by atoms with E-state index in [4.69, 9.17) is 14.2 Å². The number of nitrogens with zero attached hydrogens (tertiary/aromatic N) is 3. The van der Waals surface area contributed by atoms with E-state index in [0.717, 1.165) is 27.8 Å². The van der Waals surface area contributed by atoms with Crippen molar-refractivity contribution in [3.05, 3.63) is 55.0 Å². The summed E-state index contributed by atoms with van der Waals surface area (Å²) in [4.78, 5) is 8.77. The van der Waals surface area contributed by atoms with Gasteiger partial charge in [-0.1, -0.05) is 0 Å². The molecule has 0 atom stereocenters. The first-order valence-corrected chi connectivity index (χ1v) is 9.07. The Kier molecular flexibility index (Phi) is 4.95. The van der Waals surface area contributed by atoms with Gasteiger partial charge in [-0.3, -0.25) is 4.98 Å².